The number of fused-ring (bicyclic) bond motifs is 1. The molecule has 0 spiro atoms. The molecule has 2 fully saturated rings. The number of hydrogen-bond donors (Lipinski definition) is 2. The summed E-state index contributed by atoms with van der Waals surface area (Å²) in [6.07, 6.45) is 1.57. The molecular weight excluding hydrogens is 142 g/mol. The van der Waals surface area contributed by atoms with Gasteiger partial charge in [-0.05, 0) is 37.3 Å². The van der Waals surface area contributed by atoms with Crippen molar-refractivity contribution in [3.63, 3.8) is 0 Å². The maximum absolute atomic E-state index is 10.4. The summed E-state index contributed by atoms with van der Waals surface area (Å²) in [6, 6.07) is 0. The van der Waals surface area contributed by atoms with E-state index in [0.29, 0.717) is 18.3 Å². The minimum absolute atomic E-state index is 0.386. The molecule has 3 heteroatoms. The van der Waals surface area contributed by atoms with Gasteiger partial charge in [0.05, 0.1) is 0 Å². The molecule has 2 N–H and O–H groups in total. The topological polar surface area (TPSA) is 49.3 Å². The highest BCUT2D eigenvalue weighted by Crippen LogP contribution is 2.51. The lowest BCUT2D eigenvalue weighted by molar-refractivity contribution is -0.137. The second-order valence-corrected chi connectivity index (χ2v) is 3.58. The first kappa shape index (κ1) is 7.10. The maximum atomic E-state index is 10.4. The predicted molar refractivity (Wildman–Crippen MR) is 40.2 cm³/mol. The van der Waals surface area contributed by atoms with Crippen molar-refractivity contribution in [2.24, 2.45) is 17.8 Å². The van der Waals surface area contributed by atoms with E-state index in [0.717, 1.165) is 19.0 Å². The fourth-order valence-electron chi connectivity index (χ4n) is 2.30. The fourth-order valence-corrected chi connectivity index (χ4v) is 2.30. The van der Waals surface area contributed by atoms with Crippen molar-refractivity contribution in [1.82, 2.24) is 5.32 Å². The molecule has 3 atom stereocenters. The number of carboxylic acids is 1. The first-order valence-electron chi connectivity index (χ1n) is 4.21. The van der Waals surface area contributed by atoms with E-state index in [4.69, 9.17) is 5.11 Å². The molecule has 0 amide bonds. The van der Waals surface area contributed by atoms with Crippen molar-refractivity contribution in [3.8, 4) is 0 Å². The Labute approximate surface area is 65.8 Å². The Kier molecular flexibility index (Phi) is 1.60. The number of aliphatic carboxylic acids is 1. The average molecular weight is 155 g/mol. The molecule has 2 rings (SSSR count). The highest BCUT2D eigenvalue weighted by Gasteiger charge is 2.51. The van der Waals surface area contributed by atoms with Crippen LogP contribution in [0, 0.1) is 17.8 Å². The van der Waals surface area contributed by atoms with Gasteiger partial charge in [-0.25, -0.2) is 0 Å². The molecule has 0 radical (unpaired) electrons. The second-order valence-electron chi connectivity index (χ2n) is 3.58. The van der Waals surface area contributed by atoms with Gasteiger partial charge < -0.3 is 10.4 Å². The number of rotatable bonds is 2. The SMILES string of the molecule is O=C(O)CC1C2CCNCC21. The molecule has 1 aliphatic carbocycles. The summed E-state index contributed by atoms with van der Waals surface area (Å²) in [5.41, 5.74) is 0. The van der Waals surface area contributed by atoms with Gasteiger partial charge in [-0.2, -0.15) is 0 Å². The van der Waals surface area contributed by atoms with Crippen LogP contribution in [0.2, 0.25) is 0 Å². The largest absolute Gasteiger partial charge is 0.481 e. The number of carbonyl (C=O) groups is 1. The summed E-state index contributed by atoms with van der Waals surface area (Å²) < 4.78 is 0. The minimum atomic E-state index is -0.635. The molecule has 1 heterocycles. The third kappa shape index (κ3) is 1.25. The third-order valence-electron chi connectivity index (χ3n) is 2.95. The van der Waals surface area contributed by atoms with Gasteiger partial charge in [-0.15, -0.1) is 0 Å². The van der Waals surface area contributed by atoms with Gasteiger partial charge in [0, 0.05) is 6.42 Å². The minimum Gasteiger partial charge on any atom is -0.481 e. The molecular formula is C8H13NO2. The molecule has 2 aliphatic rings. The van der Waals surface area contributed by atoms with Gasteiger partial charge in [0.15, 0.2) is 0 Å². The van der Waals surface area contributed by atoms with Crippen molar-refractivity contribution >= 4 is 5.97 Å². The number of carboxylic acid groups (broad SMARTS) is 1. The Balaban J connectivity index is 1.85. The summed E-state index contributed by atoms with van der Waals surface area (Å²) >= 11 is 0. The zero-order valence-electron chi connectivity index (χ0n) is 6.42. The average Bonchev–Trinajstić information content (AvgIpc) is 2.64. The Morgan fingerprint density at radius 3 is 2.91 bits per heavy atom. The first-order chi connectivity index (χ1) is 5.29. The lowest BCUT2D eigenvalue weighted by Gasteiger charge is -2.08. The van der Waals surface area contributed by atoms with Crippen LogP contribution in [0.4, 0.5) is 0 Å². The van der Waals surface area contributed by atoms with Crippen LogP contribution in [-0.2, 0) is 4.79 Å². The Hall–Kier alpha value is -0.570. The summed E-state index contributed by atoms with van der Waals surface area (Å²) in [4.78, 5) is 10.4. The molecule has 11 heavy (non-hydrogen) atoms. The van der Waals surface area contributed by atoms with Crippen LogP contribution in [-0.4, -0.2) is 24.2 Å². The first-order valence-corrected chi connectivity index (χ1v) is 4.21. The standard InChI is InChI=1S/C8H13NO2/c10-8(11)3-6-5-1-2-9-4-7(5)6/h5-7,9H,1-4H2,(H,10,11). The Morgan fingerprint density at radius 1 is 1.55 bits per heavy atom. The van der Waals surface area contributed by atoms with Crippen LogP contribution in [0.25, 0.3) is 0 Å². The van der Waals surface area contributed by atoms with Gasteiger partial charge >= 0.3 is 5.97 Å². The van der Waals surface area contributed by atoms with Crippen LogP contribution in [0.1, 0.15) is 12.8 Å². The van der Waals surface area contributed by atoms with Crippen molar-refractivity contribution in [3.05, 3.63) is 0 Å². The molecule has 1 saturated heterocycles. The predicted octanol–water partition coefficient (Wildman–Crippen LogP) is 0.317. The fraction of sp³-hybridized carbons (Fsp3) is 0.875. The van der Waals surface area contributed by atoms with Crippen LogP contribution in [0.3, 0.4) is 0 Å². The van der Waals surface area contributed by atoms with Crippen molar-refractivity contribution in [2.75, 3.05) is 13.1 Å². The molecule has 0 aromatic rings. The molecule has 62 valence electrons. The van der Waals surface area contributed by atoms with E-state index < -0.39 is 5.97 Å². The van der Waals surface area contributed by atoms with Crippen LogP contribution >= 0.6 is 0 Å². The number of nitrogens with one attached hydrogen (secondary N) is 1. The Morgan fingerprint density at radius 2 is 2.36 bits per heavy atom. The Bertz CT molecular complexity index is 169. The molecule has 0 aromatic heterocycles. The lowest BCUT2D eigenvalue weighted by Crippen LogP contribution is -2.23. The van der Waals surface area contributed by atoms with Gasteiger partial charge in [-0.1, -0.05) is 0 Å². The number of hydrogen-bond acceptors (Lipinski definition) is 2. The molecule has 0 aromatic carbocycles. The maximum Gasteiger partial charge on any atom is 0.303 e. The molecule has 0 bridgehead atoms. The van der Waals surface area contributed by atoms with E-state index in [1.165, 1.54) is 6.42 Å². The summed E-state index contributed by atoms with van der Waals surface area (Å²) in [5.74, 6) is 1.26. The zero-order valence-corrected chi connectivity index (χ0v) is 6.42. The lowest BCUT2D eigenvalue weighted by atomic mass is 10.2. The summed E-state index contributed by atoms with van der Waals surface area (Å²) in [6.45, 7) is 2.12. The van der Waals surface area contributed by atoms with E-state index in [-0.39, 0.29) is 0 Å². The molecule has 3 nitrogen and oxygen atoms in total. The normalized spacial score (nSPS) is 41.3. The smallest absolute Gasteiger partial charge is 0.303 e. The van der Waals surface area contributed by atoms with Crippen molar-refractivity contribution in [1.29, 1.82) is 0 Å². The monoisotopic (exact) mass is 155 g/mol. The van der Waals surface area contributed by atoms with E-state index in [9.17, 15) is 4.79 Å². The van der Waals surface area contributed by atoms with Gasteiger partial charge in [0.25, 0.3) is 0 Å². The highest BCUT2D eigenvalue weighted by atomic mass is 16.4. The van der Waals surface area contributed by atoms with Crippen LogP contribution in [0.15, 0.2) is 0 Å². The highest BCUT2D eigenvalue weighted by molar-refractivity contribution is 5.67. The van der Waals surface area contributed by atoms with Gasteiger partial charge in [-0.3, -0.25) is 4.79 Å². The van der Waals surface area contributed by atoms with E-state index >= 15 is 0 Å². The second kappa shape index (κ2) is 2.48. The summed E-state index contributed by atoms with van der Waals surface area (Å²) in [5, 5.41) is 11.8. The van der Waals surface area contributed by atoms with Crippen molar-refractivity contribution in [2.45, 2.75) is 12.8 Å². The van der Waals surface area contributed by atoms with Gasteiger partial charge in [0.2, 0.25) is 0 Å². The molecule has 3 unspecified atom stereocenters. The van der Waals surface area contributed by atoms with Crippen LogP contribution < -0.4 is 5.32 Å². The van der Waals surface area contributed by atoms with Crippen LogP contribution in [0.5, 0.6) is 0 Å². The van der Waals surface area contributed by atoms with Crippen molar-refractivity contribution < 1.29 is 9.90 Å². The van der Waals surface area contributed by atoms with E-state index in [1.54, 1.807) is 0 Å². The summed E-state index contributed by atoms with van der Waals surface area (Å²) in [7, 11) is 0. The van der Waals surface area contributed by atoms with E-state index in [1.807, 2.05) is 0 Å². The zero-order chi connectivity index (χ0) is 7.84. The molecule has 1 saturated carbocycles. The van der Waals surface area contributed by atoms with E-state index in [2.05, 4.69) is 5.32 Å². The van der Waals surface area contributed by atoms with Gasteiger partial charge in [0.1, 0.15) is 0 Å². The molecule has 1 aliphatic heterocycles. The third-order valence-corrected chi connectivity index (χ3v) is 2.95. The number of piperidine rings is 1. The quantitative estimate of drug-likeness (QED) is 0.603.